The summed E-state index contributed by atoms with van der Waals surface area (Å²) in [5.41, 5.74) is 0. The third-order valence-corrected chi connectivity index (χ3v) is 2.11. The number of carbonyl (C=O) groups is 2. The van der Waals surface area contributed by atoms with Gasteiger partial charge in [-0.1, -0.05) is 0 Å². The van der Waals surface area contributed by atoms with E-state index in [9.17, 15) is 9.59 Å². The summed E-state index contributed by atoms with van der Waals surface area (Å²) in [5, 5.41) is 14.1. The van der Waals surface area contributed by atoms with Crippen molar-refractivity contribution in [3.63, 3.8) is 0 Å². The fourth-order valence-corrected chi connectivity index (χ4v) is 1.39. The first-order chi connectivity index (χ1) is 7.09. The highest BCUT2D eigenvalue weighted by atomic mass is 16.5. The number of ether oxygens (including phenoxy) is 1. The standard InChI is InChI=1S/C9H16N2O4/c1-6(4-8(12)13)11-9(14)7-5-15-3-2-10-7/h6-7,10H,2-5H2,1H3,(H,11,14)(H,12,13). The molecular formula is C9H16N2O4. The van der Waals surface area contributed by atoms with Gasteiger partial charge in [-0.2, -0.15) is 0 Å². The van der Waals surface area contributed by atoms with Crippen LogP contribution in [0.2, 0.25) is 0 Å². The van der Waals surface area contributed by atoms with E-state index < -0.39 is 5.97 Å². The minimum absolute atomic E-state index is 0.0701. The predicted molar refractivity (Wildman–Crippen MR) is 52.5 cm³/mol. The average Bonchev–Trinajstić information content (AvgIpc) is 2.17. The Hall–Kier alpha value is -1.14. The van der Waals surface area contributed by atoms with Crippen molar-refractivity contribution in [1.29, 1.82) is 0 Å². The number of hydrogen-bond acceptors (Lipinski definition) is 4. The topological polar surface area (TPSA) is 87.7 Å². The van der Waals surface area contributed by atoms with Crippen LogP contribution in [0, 0.1) is 0 Å². The van der Waals surface area contributed by atoms with Crippen LogP contribution < -0.4 is 10.6 Å². The third kappa shape index (κ3) is 4.26. The lowest BCUT2D eigenvalue weighted by Crippen LogP contribution is -2.53. The lowest BCUT2D eigenvalue weighted by atomic mass is 10.2. The normalized spacial score (nSPS) is 23.1. The van der Waals surface area contributed by atoms with Crippen LogP contribution in [0.25, 0.3) is 0 Å². The van der Waals surface area contributed by atoms with Crippen LogP contribution in [-0.4, -0.2) is 48.8 Å². The molecule has 1 aliphatic heterocycles. The molecule has 1 saturated heterocycles. The summed E-state index contributed by atoms with van der Waals surface area (Å²) in [7, 11) is 0. The smallest absolute Gasteiger partial charge is 0.305 e. The number of carbonyl (C=O) groups excluding carboxylic acids is 1. The Morgan fingerprint density at radius 2 is 2.40 bits per heavy atom. The molecule has 1 rings (SSSR count). The van der Waals surface area contributed by atoms with Gasteiger partial charge < -0.3 is 20.5 Å². The van der Waals surface area contributed by atoms with Gasteiger partial charge in [0.2, 0.25) is 5.91 Å². The molecule has 1 amide bonds. The van der Waals surface area contributed by atoms with E-state index in [1.165, 1.54) is 0 Å². The van der Waals surface area contributed by atoms with E-state index >= 15 is 0 Å². The first-order valence-corrected chi connectivity index (χ1v) is 4.93. The van der Waals surface area contributed by atoms with Gasteiger partial charge in [-0.05, 0) is 6.92 Å². The molecule has 1 aliphatic rings. The van der Waals surface area contributed by atoms with E-state index in [4.69, 9.17) is 9.84 Å². The van der Waals surface area contributed by atoms with E-state index in [2.05, 4.69) is 10.6 Å². The minimum atomic E-state index is -0.921. The van der Waals surface area contributed by atoms with E-state index in [1.807, 2.05) is 0 Å². The van der Waals surface area contributed by atoms with Crippen LogP contribution in [0.3, 0.4) is 0 Å². The van der Waals surface area contributed by atoms with Crippen molar-refractivity contribution >= 4 is 11.9 Å². The van der Waals surface area contributed by atoms with Gasteiger partial charge in [0.15, 0.2) is 0 Å². The zero-order valence-corrected chi connectivity index (χ0v) is 8.66. The number of aliphatic carboxylic acids is 1. The van der Waals surface area contributed by atoms with Crippen molar-refractivity contribution in [2.24, 2.45) is 0 Å². The van der Waals surface area contributed by atoms with E-state index in [0.29, 0.717) is 19.8 Å². The molecule has 0 aromatic heterocycles. The summed E-state index contributed by atoms with van der Waals surface area (Å²) in [6.07, 6.45) is -0.0701. The van der Waals surface area contributed by atoms with Crippen molar-refractivity contribution in [3.05, 3.63) is 0 Å². The summed E-state index contributed by atoms with van der Waals surface area (Å²) >= 11 is 0. The fourth-order valence-electron chi connectivity index (χ4n) is 1.39. The van der Waals surface area contributed by atoms with Crippen molar-refractivity contribution in [2.75, 3.05) is 19.8 Å². The summed E-state index contributed by atoms with van der Waals surface area (Å²) in [4.78, 5) is 21.9. The summed E-state index contributed by atoms with van der Waals surface area (Å²) in [6, 6.07) is -0.728. The second-order valence-corrected chi connectivity index (χ2v) is 3.59. The van der Waals surface area contributed by atoms with E-state index in [0.717, 1.165) is 0 Å². The average molecular weight is 216 g/mol. The highest BCUT2D eigenvalue weighted by molar-refractivity contribution is 5.82. The number of carboxylic acids is 1. The van der Waals surface area contributed by atoms with Crippen molar-refractivity contribution < 1.29 is 19.4 Å². The second kappa shape index (κ2) is 5.67. The molecule has 0 saturated carbocycles. The number of carboxylic acid groups (broad SMARTS) is 1. The SMILES string of the molecule is CC(CC(=O)O)NC(=O)C1COCCN1. The van der Waals surface area contributed by atoms with Gasteiger partial charge in [-0.3, -0.25) is 9.59 Å². The van der Waals surface area contributed by atoms with E-state index in [1.54, 1.807) is 6.92 Å². The molecule has 2 atom stereocenters. The van der Waals surface area contributed by atoms with Crippen LogP contribution >= 0.6 is 0 Å². The monoisotopic (exact) mass is 216 g/mol. The molecule has 0 aromatic rings. The zero-order valence-electron chi connectivity index (χ0n) is 8.66. The molecule has 0 aromatic carbocycles. The summed E-state index contributed by atoms with van der Waals surface area (Å²) < 4.78 is 5.13. The van der Waals surface area contributed by atoms with Gasteiger partial charge in [0.05, 0.1) is 19.6 Å². The Morgan fingerprint density at radius 3 is 2.93 bits per heavy atom. The minimum Gasteiger partial charge on any atom is -0.481 e. The molecule has 86 valence electrons. The fraction of sp³-hybridized carbons (Fsp3) is 0.778. The van der Waals surface area contributed by atoms with Crippen molar-refractivity contribution in [1.82, 2.24) is 10.6 Å². The van der Waals surface area contributed by atoms with Crippen LogP contribution in [0.15, 0.2) is 0 Å². The highest BCUT2D eigenvalue weighted by Crippen LogP contribution is 1.96. The van der Waals surface area contributed by atoms with Gasteiger partial charge in [-0.25, -0.2) is 0 Å². The Labute approximate surface area is 88.0 Å². The molecule has 1 heterocycles. The maximum absolute atomic E-state index is 11.5. The first-order valence-electron chi connectivity index (χ1n) is 4.93. The Kier molecular flexibility index (Phi) is 4.51. The molecular weight excluding hydrogens is 200 g/mol. The zero-order chi connectivity index (χ0) is 11.3. The maximum Gasteiger partial charge on any atom is 0.305 e. The molecule has 3 N–H and O–H groups in total. The predicted octanol–water partition coefficient (Wildman–Crippen LogP) is -1.05. The molecule has 0 bridgehead atoms. The van der Waals surface area contributed by atoms with Crippen LogP contribution in [0.1, 0.15) is 13.3 Å². The van der Waals surface area contributed by atoms with Crippen molar-refractivity contribution in [2.45, 2.75) is 25.4 Å². The van der Waals surface area contributed by atoms with Crippen molar-refractivity contribution in [3.8, 4) is 0 Å². The van der Waals surface area contributed by atoms with Gasteiger partial charge >= 0.3 is 5.97 Å². The van der Waals surface area contributed by atoms with Crippen LogP contribution in [-0.2, 0) is 14.3 Å². The molecule has 6 nitrogen and oxygen atoms in total. The Morgan fingerprint density at radius 1 is 1.67 bits per heavy atom. The Bertz CT molecular complexity index is 238. The van der Waals surface area contributed by atoms with Crippen LogP contribution in [0.5, 0.6) is 0 Å². The largest absolute Gasteiger partial charge is 0.481 e. The van der Waals surface area contributed by atoms with Gasteiger partial charge in [0.1, 0.15) is 6.04 Å². The second-order valence-electron chi connectivity index (χ2n) is 3.59. The lowest BCUT2D eigenvalue weighted by molar-refractivity contribution is -0.137. The number of rotatable bonds is 4. The molecule has 15 heavy (non-hydrogen) atoms. The molecule has 1 fully saturated rings. The number of amides is 1. The highest BCUT2D eigenvalue weighted by Gasteiger charge is 2.22. The molecule has 0 spiro atoms. The van der Waals surface area contributed by atoms with Gasteiger partial charge in [0, 0.05) is 12.6 Å². The van der Waals surface area contributed by atoms with E-state index in [-0.39, 0.29) is 24.4 Å². The molecule has 6 heteroatoms. The maximum atomic E-state index is 11.5. The molecule has 0 radical (unpaired) electrons. The third-order valence-electron chi connectivity index (χ3n) is 2.11. The van der Waals surface area contributed by atoms with Gasteiger partial charge in [0.25, 0.3) is 0 Å². The molecule has 2 unspecified atom stereocenters. The number of nitrogens with one attached hydrogen (secondary N) is 2. The molecule has 0 aliphatic carbocycles. The number of morpholine rings is 1. The quantitative estimate of drug-likeness (QED) is 0.558. The lowest BCUT2D eigenvalue weighted by Gasteiger charge is -2.24. The van der Waals surface area contributed by atoms with Gasteiger partial charge in [-0.15, -0.1) is 0 Å². The number of hydrogen-bond donors (Lipinski definition) is 3. The Balaban J connectivity index is 2.30. The first kappa shape index (κ1) is 11.9. The summed E-state index contributed by atoms with van der Waals surface area (Å²) in [6.45, 7) is 3.25. The summed E-state index contributed by atoms with van der Waals surface area (Å²) in [5.74, 6) is -1.13. The van der Waals surface area contributed by atoms with Crippen LogP contribution in [0.4, 0.5) is 0 Å².